The number of hydrogen-bond donors (Lipinski definition) is 2. The van der Waals surface area contributed by atoms with E-state index in [1.807, 2.05) is 44.3 Å². The predicted octanol–water partition coefficient (Wildman–Crippen LogP) is 1.62. The highest BCUT2D eigenvalue weighted by Gasteiger charge is 2.17. The number of nitrogens with zero attached hydrogens (tertiary/aromatic N) is 2. The van der Waals surface area contributed by atoms with Crippen LogP contribution in [0, 0.1) is 0 Å². The summed E-state index contributed by atoms with van der Waals surface area (Å²) in [6, 6.07) is 8.63. The third-order valence-corrected chi connectivity index (χ3v) is 2.94. The number of carbonyl (C=O) groups excluding carboxylic acids is 1. The smallest absolute Gasteiger partial charge is 0.245 e. The second-order valence-electron chi connectivity index (χ2n) is 4.39. The first kappa shape index (κ1) is 13.3. The topological polar surface area (TPSA) is 72.9 Å². The fourth-order valence-electron chi connectivity index (χ4n) is 1.92. The molecule has 0 saturated carbocycles. The molecule has 0 radical (unpaired) electrons. The van der Waals surface area contributed by atoms with Crippen molar-refractivity contribution in [3.8, 4) is 0 Å². The van der Waals surface area contributed by atoms with Crippen molar-refractivity contribution in [3.63, 3.8) is 0 Å². The first-order valence-corrected chi connectivity index (χ1v) is 6.25. The van der Waals surface area contributed by atoms with Gasteiger partial charge >= 0.3 is 0 Å². The quantitative estimate of drug-likeness (QED) is 0.875. The van der Waals surface area contributed by atoms with Gasteiger partial charge < -0.3 is 11.1 Å². The Morgan fingerprint density at radius 3 is 2.74 bits per heavy atom. The fraction of sp³-hybridized carbons (Fsp3) is 0.286. The minimum atomic E-state index is -0.675. The maximum absolute atomic E-state index is 12.1. The SMILES string of the molecule is CCc1nn(C)cc1NC(=O)[C@H](N)c1ccccc1. The number of hydrogen-bond acceptors (Lipinski definition) is 3. The van der Waals surface area contributed by atoms with Crippen LogP contribution >= 0.6 is 0 Å². The maximum atomic E-state index is 12.1. The molecule has 100 valence electrons. The molecule has 0 aliphatic heterocycles. The van der Waals surface area contributed by atoms with E-state index in [0.29, 0.717) is 0 Å². The molecular weight excluding hydrogens is 240 g/mol. The van der Waals surface area contributed by atoms with Crippen LogP contribution in [0.3, 0.4) is 0 Å². The van der Waals surface area contributed by atoms with Gasteiger partial charge in [-0.2, -0.15) is 5.10 Å². The molecule has 0 aliphatic carbocycles. The normalized spacial score (nSPS) is 12.2. The summed E-state index contributed by atoms with van der Waals surface area (Å²) in [5.41, 5.74) is 8.32. The highest BCUT2D eigenvalue weighted by molar-refractivity contribution is 5.95. The molecule has 0 fully saturated rings. The lowest BCUT2D eigenvalue weighted by Gasteiger charge is -2.12. The molecule has 1 heterocycles. The number of aromatic nitrogens is 2. The molecule has 1 aromatic heterocycles. The van der Waals surface area contributed by atoms with Crippen LogP contribution in [0.25, 0.3) is 0 Å². The lowest BCUT2D eigenvalue weighted by atomic mass is 10.1. The van der Waals surface area contributed by atoms with Gasteiger partial charge in [0.1, 0.15) is 6.04 Å². The van der Waals surface area contributed by atoms with E-state index >= 15 is 0 Å². The lowest BCUT2D eigenvalue weighted by molar-refractivity contribution is -0.117. The molecule has 0 saturated heterocycles. The van der Waals surface area contributed by atoms with Crippen LogP contribution < -0.4 is 11.1 Å². The van der Waals surface area contributed by atoms with Crippen molar-refractivity contribution in [1.82, 2.24) is 9.78 Å². The van der Waals surface area contributed by atoms with E-state index < -0.39 is 6.04 Å². The van der Waals surface area contributed by atoms with E-state index in [-0.39, 0.29) is 5.91 Å². The number of nitrogens with one attached hydrogen (secondary N) is 1. The monoisotopic (exact) mass is 258 g/mol. The van der Waals surface area contributed by atoms with Crippen molar-refractivity contribution < 1.29 is 4.79 Å². The second-order valence-corrected chi connectivity index (χ2v) is 4.39. The maximum Gasteiger partial charge on any atom is 0.245 e. The third kappa shape index (κ3) is 3.00. The molecule has 2 rings (SSSR count). The molecule has 0 unspecified atom stereocenters. The average molecular weight is 258 g/mol. The van der Waals surface area contributed by atoms with Gasteiger partial charge in [0, 0.05) is 13.2 Å². The van der Waals surface area contributed by atoms with E-state index in [0.717, 1.165) is 23.4 Å². The average Bonchev–Trinajstić information content (AvgIpc) is 2.78. The summed E-state index contributed by atoms with van der Waals surface area (Å²) in [5.74, 6) is -0.228. The zero-order valence-corrected chi connectivity index (χ0v) is 11.1. The number of rotatable bonds is 4. The Morgan fingerprint density at radius 2 is 2.11 bits per heavy atom. The van der Waals surface area contributed by atoms with Gasteiger partial charge in [0.2, 0.25) is 5.91 Å². The summed E-state index contributed by atoms with van der Waals surface area (Å²) >= 11 is 0. The first-order valence-electron chi connectivity index (χ1n) is 6.25. The Hall–Kier alpha value is -2.14. The second kappa shape index (κ2) is 5.67. The van der Waals surface area contributed by atoms with E-state index in [9.17, 15) is 4.79 Å². The van der Waals surface area contributed by atoms with Crippen molar-refractivity contribution in [2.75, 3.05) is 5.32 Å². The Morgan fingerprint density at radius 1 is 1.42 bits per heavy atom. The molecule has 0 aliphatic rings. The largest absolute Gasteiger partial charge is 0.322 e. The minimum Gasteiger partial charge on any atom is -0.322 e. The molecular formula is C14H18N4O. The van der Waals surface area contributed by atoms with Gasteiger partial charge in [0.25, 0.3) is 0 Å². The van der Waals surface area contributed by atoms with Crippen molar-refractivity contribution in [2.45, 2.75) is 19.4 Å². The Balaban J connectivity index is 2.13. The summed E-state index contributed by atoms with van der Waals surface area (Å²) in [7, 11) is 1.83. The van der Waals surface area contributed by atoms with E-state index in [2.05, 4.69) is 10.4 Å². The van der Waals surface area contributed by atoms with Crippen molar-refractivity contribution in [1.29, 1.82) is 0 Å². The number of amides is 1. The number of anilines is 1. The fourth-order valence-corrected chi connectivity index (χ4v) is 1.92. The Bertz CT molecular complexity index is 562. The molecule has 0 spiro atoms. The van der Waals surface area contributed by atoms with Gasteiger partial charge in [-0.05, 0) is 12.0 Å². The highest BCUT2D eigenvalue weighted by Crippen LogP contribution is 2.17. The van der Waals surface area contributed by atoms with Crippen molar-refractivity contribution >= 4 is 11.6 Å². The van der Waals surface area contributed by atoms with Crippen LogP contribution in [0.2, 0.25) is 0 Å². The molecule has 5 heteroatoms. The Labute approximate surface area is 112 Å². The van der Waals surface area contributed by atoms with Crippen LogP contribution in [-0.2, 0) is 18.3 Å². The number of nitrogens with two attached hydrogens (primary N) is 1. The summed E-state index contributed by atoms with van der Waals surface area (Å²) in [6.07, 6.45) is 2.55. The van der Waals surface area contributed by atoms with E-state index in [4.69, 9.17) is 5.73 Å². The van der Waals surface area contributed by atoms with Crippen LogP contribution in [0.15, 0.2) is 36.5 Å². The van der Waals surface area contributed by atoms with Gasteiger partial charge in [-0.15, -0.1) is 0 Å². The van der Waals surface area contributed by atoms with Gasteiger partial charge in [-0.1, -0.05) is 37.3 Å². The minimum absolute atomic E-state index is 0.228. The number of benzene rings is 1. The van der Waals surface area contributed by atoms with Crippen LogP contribution in [0.1, 0.15) is 24.2 Å². The van der Waals surface area contributed by atoms with Crippen molar-refractivity contribution in [2.24, 2.45) is 12.8 Å². The lowest BCUT2D eigenvalue weighted by Crippen LogP contribution is -2.27. The molecule has 1 amide bonds. The molecule has 3 N–H and O–H groups in total. The molecule has 1 aromatic carbocycles. The van der Waals surface area contributed by atoms with Gasteiger partial charge in [-0.3, -0.25) is 9.48 Å². The molecule has 1 atom stereocenters. The molecule has 5 nitrogen and oxygen atoms in total. The first-order chi connectivity index (χ1) is 9.11. The number of aryl methyl sites for hydroxylation is 2. The molecule has 0 bridgehead atoms. The predicted molar refractivity (Wildman–Crippen MR) is 74.6 cm³/mol. The van der Waals surface area contributed by atoms with Crippen LogP contribution in [-0.4, -0.2) is 15.7 Å². The van der Waals surface area contributed by atoms with E-state index in [1.165, 1.54) is 0 Å². The highest BCUT2D eigenvalue weighted by atomic mass is 16.2. The summed E-state index contributed by atoms with van der Waals surface area (Å²) in [5, 5.41) is 7.11. The summed E-state index contributed by atoms with van der Waals surface area (Å²) in [4.78, 5) is 12.1. The standard InChI is InChI=1S/C14H18N4O/c1-3-11-12(9-18(2)17-11)16-14(19)13(15)10-7-5-4-6-8-10/h4-9,13H,3,15H2,1-2H3,(H,16,19)/t13-/m1/s1. The van der Waals surface area contributed by atoms with Gasteiger partial charge in [0.15, 0.2) is 0 Å². The zero-order valence-electron chi connectivity index (χ0n) is 11.1. The zero-order chi connectivity index (χ0) is 13.8. The molecule has 19 heavy (non-hydrogen) atoms. The van der Waals surface area contributed by atoms with E-state index in [1.54, 1.807) is 10.9 Å². The van der Waals surface area contributed by atoms with Crippen LogP contribution in [0.4, 0.5) is 5.69 Å². The third-order valence-electron chi connectivity index (χ3n) is 2.94. The van der Waals surface area contributed by atoms with Gasteiger partial charge in [-0.25, -0.2) is 0 Å². The number of carbonyl (C=O) groups is 1. The summed E-state index contributed by atoms with van der Waals surface area (Å²) in [6.45, 7) is 2.00. The molecule has 2 aromatic rings. The summed E-state index contributed by atoms with van der Waals surface area (Å²) < 4.78 is 1.68. The van der Waals surface area contributed by atoms with Gasteiger partial charge in [0.05, 0.1) is 11.4 Å². The van der Waals surface area contributed by atoms with Crippen molar-refractivity contribution in [3.05, 3.63) is 47.8 Å². The van der Waals surface area contributed by atoms with Crippen LogP contribution in [0.5, 0.6) is 0 Å². The Kier molecular flexibility index (Phi) is 3.97.